The van der Waals surface area contributed by atoms with Gasteiger partial charge < -0.3 is 15.0 Å². The number of carbonyl (C=O) groups excluding carboxylic acids is 2. The van der Waals surface area contributed by atoms with Gasteiger partial charge in [-0.25, -0.2) is 0 Å². The Morgan fingerprint density at radius 3 is 3.12 bits per heavy atom. The summed E-state index contributed by atoms with van der Waals surface area (Å²) in [4.78, 5) is 31.4. The first kappa shape index (κ1) is 17.1. The summed E-state index contributed by atoms with van der Waals surface area (Å²) in [5.74, 6) is 0.951. The first-order valence-electron chi connectivity index (χ1n) is 9.48. The van der Waals surface area contributed by atoms with Crippen LogP contribution in [0.4, 0.5) is 0 Å². The molecule has 138 valence electrons. The number of carbonyl (C=O) groups is 2. The van der Waals surface area contributed by atoms with E-state index in [2.05, 4.69) is 16.4 Å². The van der Waals surface area contributed by atoms with Crippen LogP contribution < -0.4 is 10.1 Å². The lowest BCUT2D eigenvalue weighted by Gasteiger charge is -2.28. The lowest BCUT2D eigenvalue weighted by atomic mass is 9.77. The quantitative estimate of drug-likeness (QED) is 0.896. The largest absolute Gasteiger partial charge is 0.492 e. The number of hydrogen-bond donors (Lipinski definition) is 1. The Hall–Kier alpha value is -2.37. The van der Waals surface area contributed by atoms with Gasteiger partial charge in [0.05, 0.1) is 18.2 Å². The summed E-state index contributed by atoms with van der Waals surface area (Å²) in [5.41, 5.74) is 0.405. The molecule has 2 amide bonds. The number of nitrogens with one attached hydrogen (secondary N) is 1. The predicted octanol–water partition coefficient (Wildman–Crippen LogP) is 1.93. The molecule has 0 aromatic carbocycles. The maximum atomic E-state index is 12.8. The van der Waals surface area contributed by atoms with Gasteiger partial charge in [-0.05, 0) is 44.2 Å². The molecule has 0 bridgehead atoms. The van der Waals surface area contributed by atoms with Crippen molar-refractivity contribution in [1.29, 1.82) is 0 Å². The van der Waals surface area contributed by atoms with E-state index >= 15 is 0 Å². The zero-order valence-electron chi connectivity index (χ0n) is 14.9. The van der Waals surface area contributed by atoms with Crippen molar-refractivity contribution in [3.63, 3.8) is 0 Å². The Balaban J connectivity index is 1.44. The number of rotatable bonds is 4. The molecule has 4 rings (SSSR count). The Labute approximate surface area is 153 Å². The molecule has 0 saturated carbocycles. The Bertz CT molecular complexity index is 718. The molecule has 26 heavy (non-hydrogen) atoms. The summed E-state index contributed by atoms with van der Waals surface area (Å²) in [6, 6.07) is 3.70. The Kier molecular flexibility index (Phi) is 4.66. The maximum absolute atomic E-state index is 12.8. The topological polar surface area (TPSA) is 71.5 Å². The molecule has 6 nitrogen and oxygen atoms in total. The van der Waals surface area contributed by atoms with Crippen LogP contribution in [0, 0.1) is 11.3 Å². The highest BCUT2D eigenvalue weighted by Crippen LogP contribution is 2.42. The third-order valence-electron chi connectivity index (χ3n) is 5.98. The molecule has 1 N–H and O–H groups in total. The Morgan fingerprint density at radius 2 is 2.35 bits per heavy atom. The molecule has 2 atom stereocenters. The van der Waals surface area contributed by atoms with Gasteiger partial charge in [0, 0.05) is 37.3 Å². The van der Waals surface area contributed by atoms with Gasteiger partial charge in [0.1, 0.15) is 5.75 Å². The normalized spacial score (nSPS) is 28.2. The number of allylic oxidation sites excluding steroid dienone is 1. The summed E-state index contributed by atoms with van der Waals surface area (Å²) < 4.78 is 5.87. The number of likely N-dealkylation sites (tertiary alicyclic amines) is 1. The fraction of sp³-hybridized carbons (Fsp3) is 0.550. The van der Waals surface area contributed by atoms with E-state index in [0.717, 1.165) is 31.3 Å². The van der Waals surface area contributed by atoms with Crippen LogP contribution in [0.1, 0.15) is 32.1 Å². The van der Waals surface area contributed by atoms with Crippen molar-refractivity contribution in [2.45, 2.75) is 32.1 Å². The van der Waals surface area contributed by atoms with Gasteiger partial charge in [-0.2, -0.15) is 0 Å². The average molecular weight is 355 g/mol. The van der Waals surface area contributed by atoms with E-state index in [1.54, 1.807) is 12.4 Å². The van der Waals surface area contributed by atoms with Gasteiger partial charge in [-0.15, -0.1) is 0 Å². The minimum absolute atomic E-state index is 0.0604. The summed E-state index contributed by atoms with van der Waals surface area (Å²) >= 11 is 0. The van der Waals surface area contributed by atoms with Crippen LogP contribution >= 0.6 is 0 Å². The van der Waals surface area contributed by atoms with Crippen molar-refractivity contribution in [1.82, 2.24) is 15.2 Å². The number of aromatic nitrogens is 1. The zero-order chi connectivity index (χ0) is 18.0. The van der Waals surface area contributed by atoms with Gasteiger partial charge in [0.25, 0.3) is 0 Å². The number of pyridine rings is 1. The molecule has 2 aliphatic heterocycles. The first-order chi connectivity index (χ1) is 12.7. The van der Waals surface area contributed by atoms with E-state index in [4.69, 9.17) is 4.74 Å². The van der Waals surface area contributed by atoms with Gasteiger partial charge in [-0.3, -0.25) is 14.6 Å². The predicted molar refractivity (Wildman–Crippen MR) is 96.4 cm³/mol. The molecular weight excluding hydrogens is 330 g/mol. The average Bonchev–Trinajstić information content (AvgIpc) is 3.27. The third-order valence-corrected chi connectivity index (χ3v) is 5.98. The molecule has 2 fully saturated rings. The van der Waals surface area contributed by atoms with Gasteiger partial charge in [-0.1, -0.05) is 6.08 Å². The van der Waals surface area contributed by atoms with Crippen LogP contribution in [-0.4, -0.2) is 47.9 Å². The van der Waals surface area contributed by atoms with E-state index in [9.17, 15) is 9.59 Å². The van der Waals surface area contributed by atoms with Crippen LogP contribution in [-0.2, 0) is 9.59 Å². The summed E-state index contributed by atoms with van der Waals surface area (Å²) in [7, 11) is 0. The van der Waals surface area contributed by atoms with Crippen molar-refractivity contribution >= 4 is 11.8 Å². The molecule has 6 heteroatoms. The molecule has 3 aliphatic rings. The van der Waals surface area contributed by atoms with Crippen molar-refractivity contribution in [3.05, 3.63) is 36.2 Å². The van der Waals surface area contributed by atoms with Crippen LogP contribution in [0.25, 0.3) is 0 Å². The van der Waals surface area contributed by atoms with Crippen LogP contribution in [0.2, 0.25) is 0 Å². The van der Waals surface area contributed by atoms with Crippen LogP contribution in [0.3, 0.4) is 0 Å². The zero-order valence-corrected chi connectivity index (χ0v) is 14.9. The SMILES string of the molecule is O=C(C1=CCCCC1)N1CC[C@]2(C1)C(=O)NC[C@H]2COc1cccnc1. The number of ether oxygens (including phenoxy) is 1. The fourth-order valence-corrected chi connectivity index (χ4v) is 4.38. The monoisotopic (exact) mass is 355 g/mol. The number of nitrogens with zero attached hydrogens (tertiary/aromatic N) is 2. The fourth-order valence-electron chi connectivity index (χ4n) is 4.38. The lowest BCUT2D eigenvalue weighted by molar-refractivity contribution is -0.130. The second kappa shape index (κ2) is 7.09. The van der Waals surface area contributed by atoms with Crippen LogP contribution in [0.5, 0.6) is 5.75 Å². The van der Waals surface area contributed by atoms with E-state index in [1.807, 2.05) is 17.0 Å². The molecule has 0 unspecified atom stereocenters. The number of amides is 2. The van der Waals surface area contributed by atoms with E-state index in [1.165, 1.54) is 0 Å². The standard InChI is InChI=1S/C20H25N3O3/c24-18(15-5-2-1-3-6-15)23-10-8-20(14-23)16(11-22-19(20)25)13-26-17-7-4-9-21-12-17/h4-5,7,9,12,16H,1-3,6,8,10-11,13-14H2,(H,22,25)/t16-,20+/m0/s1. The second-order valence-electron chi connectivity index (χ2n) is 7.51. The number of hydrogen-bond acceptors (Lipinski definition) is 4. The van der Waals surface area contributed by atoms with E-state index in [-0.39, 0.29) is 17.7 Å². The van der Waals surface area contributed by atoms with Gasteiger partial charge >= 0.3 is 0 Å². The molecule has 1 aromatic rings. The van der Waals surface area contributed by atoms with Crippen molar-refractivity contribution < 1.29 is 14.3 Å². The van der Waals surface area contributed by atoms with Gasteiger partial charge in [0.2, 0.25) is 11.8 Å². The smallest absolute Gasteiger partial charge is 0.249 e. The minimum Gasteiger partial charge on any atom is -0.492 e. The second-order valence-corrected chi connectivity index (χ2v) is 7.51. The molecular formula is C20H25N3O3. The molecule has 3 heterocycles. The molecule has 1 spiro atoms. The lowest BCUT2D eigenvalue weighted by Crippen LogP contribution is -2.41. The minimum atomic E-state index is -0.521. The molecule has 0 radical (unpaired) electrons. The first-order valence-corrected chi connectivity index (χ1v) is 9.48. The molecule has 1 aliphatic carbocycles. The highest BCUT2D eigenvalue weighted by Gasteiger charge is 2.55. The van der Waals surface area contributed by atoms with Crippen LogP contribution in [0.15, 0.2) is 36.2 Å². The molecule has 1 aromatic heterocycles. The molecule has 2 saturated heterocycles. The van der Waals surface area contributed by atoms with E-state index in [0.29, 0.717) is 38.4 Å². The van der Waals surface area contributed by atoms with Crippen molar-refractivity contribution in [2.24, 2.45) is 11.3 Å². The van der Waals surface area contributed by atoms with Crippen molar-refractivity contribution in [2.75, 3.05) is 26.2 Å². The van der Waals surface area contributed by atoms with E-state index < -0.39 is 5.41 Å². The highest BCUT2D eigenvalue weighted by molar-refractivity contribution is 5.95. The van der Waals surface area contributed by atoms with Gasteiger partial charge in [0.15, 0.2) is 0 Å². The summed E-state index contributed by atoms with van der Waals surface area (Å²) in [5, 5.41) is 2.99. The Morgan fingerprint density at radius 1 is 1.42 bits per heavy atom. The summed E-state index contributed by atoms with van der Waals surface area (Å²) in [6.07, 6.45) is 10.3. The maximum Gasteiger partial charge on any atom is 0.249 e. The van der Waals surface area contributed by atoms with Crippen molar-refractivity contribution in [3.8, 4) is 5.75 Å². The third kappa shape index (κ3) is 3.08. The highest BCUT2D eigenvalue weighted by atomic mass is 16.5. The summed E-state index contributed by atoms with van der Waals surface area (Å²) in [6.45, 7) is 2.20.